The fourth-order valence-corrected chi connectivity index (χ4v) is 2.33. The predicted octanol–water partition coefficient (Wildman–Crippen LogP) is 3.27. The molecule has 3 rings (SSSR count). The van der Waals surface area contributed by atoms with E-state index in [1.807, 2.05) is 36.4 Å². The van der Waals surface area contributed by atoms with Crippen LogP contribution in [0.25, 0.3) is 22.4 Å². The van der Waals surface area contributed by atoms with Gasteiger partial charge in [0, 0.05) is 29.1 Å². The van der Waals surface area contributed by atoms with Crippen LogP contribution in [0.2, 0.25) is 0 Å². The number of methoxy groups -OCH3 is 1. The molecule has 0 aliphatic carbocycles. The molecule has 1 aromatic carbocycles. The molecule has 112 valence electrons. The first kappa shape index (κ1) is 14.5. The second kappa shape index (κ2) is 6.16. The molecule has 0 spiro atoms. The quantitative estimate of drug-likeness (QED) is 0.802. The minimum absolute atomic E-state index is 0.385. The van der Waals surface area contributed by atoms with Gasteiger partial charge in [-0.2, -0.15) is 5.26 Å². The van der Waals surface area contributed by atoms with Crippen LogP contribution in [0.4, 0.5) is 5.82 Å². The molecule has 2 N–H and O–H groups in total. The number of hydrogen-bond donors (Lipinski definition) is 1. The molecule has 2 aromatic heterocycles. The Morgan fingerprint density at radius 1 is 1.09 bits per heavy atom. The molecular weight excluding hydrogens is 288 g/mol. The van der Waals surface area contributed by atoms with Crippen LogP contribution in [0.5, 0.6) is 5.75 Å². The summed E-state index contributed by atoms with van der Waals surface area (Å²) in [5.41, 5.74) is 9.53. The number of nitriles is 1. The molecule has 5 nitrogen and oxygen atoms in total. The molecule has 0 amide bonds. The van der Waals surface area contributed by atoms with E-state index in [1.54, 1.807) is 25.6 Å². The monoisotopic (exact) mass is 302 g/mol. The van der Waals surface area contributed by atoms with Gasteiger partial charge in [-0.15, -0.1) is 0 Å². The first-order valence-corrected chi connectivity index (χ1v) is 6.98. The Labute approximate surface area is 134 Å². The lowest BCUT2D eigenvalue weighted by molar-refractivity contribution is 0.415. The van der Waals surface area contributed by atoms with Gasteiger partial charge in [0.25, 0.3) is 0 Å². The lowest BCUT2D eigenvalue weighted by Gasteiger charge is -2.09. The molecule has 0 fully saturated rings. The summed E-state index contributed by atoms with van der Waals surface area (Å²) in [5.74, 6) is 1.16. The number of nitrogens with zero attached hydrogens (tertiary/aromatic N) is 3. The Hall–Kier alpha value is -3.39. The molecule has 0 saturated carbocycles. The average Bonchev–Trinajstić information content (AvgIpc) is 2.62. The van der Waals surface area contributed by atoms with E-state index in [1.165, 1.54) is 0 Å². The van der Waals surface area contributed by atoms with Gasteiger partial charge in [0.2, 0.25) is 0 Å². The molecule has 2 heterocycles. The van der Waals surface area contributed by atoms with Crippen molar-refractivity contribution in [2.45, 2.75) is 0 Å². The molecule has 0 aliphatic heterocycles. The van der Waals surface area contributed by atoms with Crippen LogP contribution in [0.15, 0.2) is 54.9 Å². The van der Waals surface area contributed by atoms with E-state index in [9.17, 15) is 5.26 Å². The second-order valence-corrected chi connectivity index (χ2v) is 4.89. The first-order valence-electron chi connectivity index (χ1n) is 6.98. The van der Waals surface area contributed by atoms with E-state index in [4.69, 9.17) is 10.5 Å². The molecule has 0 bridgehead atoms. The number of ether oxygens (including phenoxy) is 1. The van der Waals surface area contributed by atoms with Gasteiger partial charge in [0.05, 0.1) is 18.4 Å². The van der Waals surface area contributed by atoms with Gasteiger partial charge in [-0.1, -0.05) is 0 Å². The normalized spacial score (nSPS) is 10.1. The topological polar surface area (TPSA) is 84.8 Å². The van der Waals surface area contributed by atoms with Gasteiger partial charge in [-0.05, 0) is 42.5 Å². The summed E-state index contributed by atoms with van der Waals surface area (Å²) in [6.07, 6.45) is 3.18. The molecular formula is C18H14N4O. The summed E-state index contributed by atoms with van der Waals surface area (Å²) >= 11 is 0. The van der Waals surface area contributed by atoms with Gasteiger partial charge < -0.3 is 10.5 Å². The highest BCUT2D eigenvalue weighted by molar-refractivity contribution is 5.80. The predicted molar refractivity (Wildman–Crippen MR) is 88.6 cm³/mol. The number of nitrogen functional groups attached to an aromatic ring is 1. The fraction of sp³-hybridized carbons (Fsp3) is 0.0556. The third-order valence-corrected chi connectivity index (χ3v) is 3.54. The second-order valence-electron chi connectivity index (χ2n) is 4.89. The standard InChI is InChI=1S/C18H14N4O/c1-23-14-6-4-12(5-7-14)17-9-16(13(10-19)11-22-17)15-3-2-8-21-18(15)20/h2-9,11H,1H3,(H2,20,21). The highest BCUT2D eigenvalue weighted by Gasteiger charge is 2.11. The van der Waals surface area contributed by atoms with Crippen molar-refractivity contribution in [1.29, 1.82) is 5.26 Å². The van der Waals surface area contributed by atoms with Gasteiger partial charge in [-0.3, -0.25) is 4.98 Å². The molecule has 3 aromatic rings. The van der Waals surface area contributed by atoms with Crippen LogP contribution in [-0.2, 0) is 0 Å². The Balaban J connectivity index is 2.13. The molecule has 0 saturated heterocycles. The lowest BCUT2D eigenvalue weighted by Crippen LogP contribution is -1.96. The van der Waals surface area contributed by atoms with Crippen molar-refractivity contribution in [3.8, 4) is 34.2 Å². The maximum absolute atomic E-state index is 9.33. The average molecular weight is 302 g/mol. The zero-order chi connectivity index (χ0) is 16.2. The Kier molecular flexibility index (Phi) is 3.89. The van der Waals surface area contributed by atoms with Crippen molar-refractivity contribution in [2.24, 2.45) is 0 Å². The number of pyridine rings is 2. The van der Waals surface area contributed by atoms with Gasteiger partial charge >= 0.3 is 0 Å². The van der Waals surface area contributed by atoms with Crippen LogP contribution >= 0.6 is 0 Å². The Bertz CT molecular complexity index is 882. The van der Waals surface area contributed by atoms with Crippen LogP contribution in [0.3, 0.4) is 0 Å². The summed E-state index contributed by atoms with van der Waals surface area (Å²) in [7, 11) is 1.62. The van der Waals surface area contributed by atoms with Crippen LogP contribution < -0.4 is 10.5 Å². The third kappa shape index (κ3) is 2.83. The van der Waals surface area contributed by atoms with E-state index in [0.29, 0.717) is 11.4 Å². The van der Waals surface area contributed by atoms with Crippen LogP contribution in [0.1, 0.15) is 5.56 Å². The van der Waals surface area contributed by atoms with Gasteiger partial charge in [-0.25, -0.2) is 4.98 Å². The first-order chi connectivity index (χ1) is 11.2. The number of hydrogen-bond acceptors (Lipinski definition) is 5. The number of benzene rings is 1. The third-order valence-electron chi connectivity index (χ3n) is 3.54. The summed E-state index contributed by atoms with van der Waals surface area (Å²) < 4.78 is 5.16. The number of aromatic nitrogens is 2. The molecule has 0 unspecified atom stereocenters. The van der Waals surface area contributed by atoms with E-state index < -0.39 is 0 Å². The summed E-state index contributed by atoms with van der Waals surface area (Å²) in [6.45, 7) is 0. The van der Waals surface area contributed by atoms with E-state index in [2.05, 4.69) is 16.0 Å². The minimum Gasteiger partial charge on any atom is -0.497 e. The molecule has 0 atom stereocenters. The van der Waals surface area contributed by atoms with Crippen LogP contribution in [0, 0.1) is 11.3 Å². The van der Waals surface area contributed by atoms with Gasteiger partial charge in [0.15, 0.2) is 0 Å². The summed E-state index contributed by atoms with van der Waals surface area (Å²) in [6, 6.07) is 15.2. The Morgan fingerprint density at radius 3 is 2.52 bits per heavy atom. The van der Waals surface area contributed by atoms with Crippen molar-refractivity contribution >= 4 is 5.82 Å². The molecule has 0 aliphatic rings. The number of nitrogens with two attached hydrogens (primary N) is 1. The van der Waals surface area contributed by atoms with E-state index in [-0.39, 0.29) is 0 Å². The molecule has 5 heteroatoms. The summed E-state index contributed by atoms with van der Waals surface area (Å²) in [4.78, 5) is 8.45. The van der Waals surface area contributed by atoms with Crippen molar-refractivity contribution < 1.29 is 4.74 Å². The fourth-order valence-electron chi connectivity index (χ4n) is 2.33. The van der Waals surface area contributed by atoms with Gasteiger partial charge in [0.1, 0.15) is 17.6 Å². The molecule has 23 heavy (non-hydrogen) atoms. The highest BCUT2D eigenvalue weighted by atomic mass is 16.5. The van der Waals surface area contributed by atoms with E-state index in [0.717, 1.165) is 28.1 Å². The summed E-state index contributed by atoms with van der Waals surface area (Å²) in [5, 5.41) is 9.33. The maximum atomic E-state index is 9.33. The van der Waals surface area contributed by atoms with Crippen molar-refractivity contribution in [2.75, 3.05) is 12.8 Å². The smallest absolute Gasteiger partial charge is 0.131 e. The maximum Gasteiger partial charge on any atom is 0.131 e. The zero-order valence-corrected chi connectivity index (χ0v) is 12.5. The minimum atomic E-state index is 0.385. The van der Waals surface area contributed by atoms with Crippen molar-refractivity contribution in [1.82, 2.24) is 9.97 Å². The zero-order valence-electron chi connectivity index (χ0n) is 12.5. The van der Waals surface area contributed by atoms with E-state index >= 15 is 0 Å². The highest BCUT2D eigenvalue weighted by Crippen LogP contribution is 2.30. The van der Waals surface area contributed by atoms with Crippen molar-refractivity contribution in [3.05, 3.63) is 60.4 Å². The SMILES string of the molecule is COc1ccc(-c2cc(-c3cccnc3N)c(C#N)cn2)cc1. The van der Waals surface area contributed by atoms with Crippen molar-refractivity contribution in [3.63, 3.8) is 0 Å². The number of anilines is 1. The number of rotatable bonds is 3. The lowest BCUT2D eigenvalue weighted by atomic mass is 10.00. The largest absolute Gasteiger partial charge is 0.497 e. The Morgan fingerprint density at radius 2 is 1.87 bits per heavy atom. The van der Waals surface area contributed by atoms with Crippen LogP contribution in [-0.4, -0.2) is 17.1 Å². The molecule has 0 radical (unpaired) electrons.